The molecular weight excluding hydrogens is 328 g/mol. The topological polar surface area (TPSA) is 52.9 Å². The second kappa shape index (κ2) is 8.18. The van der Waals surface area contributed by atoms with Crippen molar-refractivity contribution in [2.45, 2.75) is 10.1 Å². The third-order valence-electron chi connectivity index (χ3n) is 3.62. The zero-order valence-corrected chi connectivity index (χ0v) is 14.2. The standard InChI is InChI=1S/C21H16N2OS/c22-15-16-11-13-18(14-12-16)23-21(24)20(17-7-3-1-4-8-17)25-19-9-5-2-6-10-19/h1-14,20H,(H,23,24). The number of nitrogens with one attached hydrogen (secondary N) is 1. The van der Waals surface area contributed by atoms with Gasteiger partial charge in [-0.1, -0.05) is 48.5 Å². The average Bonchev–Trinajstić information content (AvgIpc) is 2.68. The molecular formula is C21H16N2OS. The number of thioether (sulfide) groups is 1. The predicted molar refractivity (Wildman–Crippen MR) is 101 cm³/mol. The first kappa shape index (κ1) is 16.8. The highest BCUT2D eigenvalue weighted by Gasteiger charge is 2.22. The molecule has 0 saturated carbocycles. The molecule has 25 heavy (non-hydrogen) atoms. The number of carbonyl (C=O) groups excluding carboxylic acids is 1. The Morgan fingerprint density at radius 3 is 2.08 bits per heavy atom. The first-order valence-electron chi connectivity index (χ1n) is 7.84. The van der Waals surface area contributed by atoms with E-state index < -0.39 is 0 Å². The van der Waals surface area contributed by atoms with Crippen LogP contribution in [0.5, 0.6) is 0 Å². The molecule has 4 heteroatoms. The summed E-state index contributed by atoms with van der Waals surface area (Å²) in [7, 11) is 0. The molecule has 0 fully saturated rings. The van der Waals surface area contributed by atoms with Crippen molar-refractivity contribution >= 4 is 23.4 Å². The van der Waals surface area contributed by atoms with Crippen molar-refractivity contribution in [3.05, 3.63) is 96.1 Å². The second-order valence-electron chi connectivity index (χ2n) is 5.40. The van der Waals surface area contributed by atoms with Crippen LogP contribution in [-0.4, -0.2) is 5.91 Å². The molecule has 0 spiro atoms. The predicted octanol–water partition coefficient (Wildman–Crippen LogP) is 5.03. The molecule has 1 unspecified atom stereocenters. The molecule has 1 amide bonds. The van der Waals surface area contributed by atoms with Gasteiger partial charge in [0.25, 0.3) is 0 Å². The molecule has 1 N–H and O–H groups in total. The first-order valence-corrected chi connectivity index (χ1v) is 8.72. The number of amides is 1. The van der Waals surface area contributed by atoms with Gasteiger partial charge in [0.05, 0.1) is 11.6 Å². The van der Waals surface area contributed by atoms with Crippen LogP contribution < -0.4 is 5.32 Å². The van der Waals surface area contributed by atoms with E-state index in [1.807, 2.05) is 60.7 Å². The summed E-state index contributed by atoms with van der Waals surface area (Å²) in [5.41, 5.74) is 2.19. The molecule has 122 valence electrons. The van der Waals surface area contributed by atoms with Gasteiger partial charge in [0.15, 0.2) is 0 Å². The minimum atomic E-state index is -0.362. The van der Waals surface area contributed by atoms with E-state index in [0.29, 0.717) is 11.3 Å². The smallest absolute Gasteiger partial charge is 0.242 e. The largest absolute Gasteiger partial charge is 0.325 e. The van der Waals surface area contributed by atoms with Crippen LogP contribution in [0.15, 0.2) is 89.8 Å². The van der Waals surface area contributed by atoms with E-state index in [0.717, 1.165) is 10.5 Å². The van der Waals surface area contributed by atoms with E-state index in [2.05, 4.69) is 11.4 Å². The SMILES string of the molecule is N#Cc1ccc(NC(=O)C(Sc2ccccc2)c2ccccc2)cc1. The third kappa shape index (κ3) is 4.50. The van der Waals surface area contributed by atoms with Crippen LogP contribution in [0.1, 0.15) is 16.4 Å². The number of rotatable bonds is 5. The number of nitriles is 1. The summed E-state index contributed by atoms with van der Waals surface area (Å²) in [5, 5.41) is 11.5. The monoisotopic (exact) mass is 344 g/mol. The van der Waals surface area contributed by atoms with Gasteiger partial charge >= 0.3 is 0 Å². The Morgan fingerprint density at radius 2 is 1.48 bits per heavy atom. The molecule has 3 rings (SSSR count). The Labute approximate surface area is 151 Å². The molecule has 0 heterocycles. The lowest BCUT2D eigenvalue weighted by atomic mass is 10.1. The Kier molecular flexibility index (Phi) is 5.50. The third-order valence-corrected chi connectivity index (χ3v) is 4.89. The maximum absolute atomic E-state index is 12.9. The normalized spacial score (nSPS) is 11.3. The number of benzene rings is 3. The van der Waals surface area contributed by atoms with E-state index in [1.54, 1.807) is 24.3 Å². The van der Waals surface area contributed by atoms with Crippen LogP contribution in [0.25, 0.3) is 0 Å². The Balaban J connectivity index is 1.82. The molecule has 0 aliphatic heterocycles. The molecule has 3 aromatic carbocycles. The lowest BCUT2D eigenvalue weighted by molar-refractivity contribution is -0.115. The molecule has 3 nitrogen and oxygen atoms in total. The van der Waals surface area contributed by atoms with Gasteiger partial charge in [0.1, 0.15) is 5.25 Å². The molecule has 0 bridgehead atoms. The fourth-order valence-corrected chi connectivity index (χ4v) is 3.42. The van der Waals surface area contributed by atoms with Gasteiger partial charge < -0.3 is 5.32 Å². The van der Waals surface area contributed by atoms with E-state index in [9.17, 15) is 4.79 Å². The first-order chi connectivity index (χ1) is 12.3. The number of nitrogens with zero attached hydrogens (tertiary/aromatic N) is 1. The molecule has 0 aliphatic carbocycles. The number of anilines is 1. The van der Waals surface area contributed by atoms with Crippen molar-refractivity contribution in [3.8, 4) is 6.07 Å². The van der Waals surface area contributed by atoms with Gasteiger partial charge in [0, 0.05) is 10.6 Å². The minimum Gasteiger partial charge on any atom is -0.325 e. The van der Waals surface area contributed by atoms with Crippen molar-refractivity contribution in [2.75, 3.05) is 5.32 Å². The van der Waals surface area contributed by atoms with Crippen LogP contribution >= 0.6 is 11.8 Å². The number of hydrogen-bond acceptors (Lipinski definition) is 3. The summed E-state index contributed by atoms with van der Waals surface area (Å²) < 4.78 is 0. The van der Waals surface area contributed by atoms with E-state index in [4.69, 9.17) is 5.26 Å². The Morgan fingerprint density at radius 1 is 0.880 bits per heavy atom. The van der Waals surface area contributed by atoms with Crippen molar-refractivity contribution in [2.24, 2.45) is 0 Å². The summed E-state index contributed by atoms with van der Waals surface area (Å²) in [4.78, 5) is 13.9. The van der Waals surface area contributed by atoms with E-state index >= 15 is 0 Å². The van der Waals surface area contributed by atoms with Crippen molar-refractivity contribution in [3.63, 3.8) is 0 Å². The highest BCUT2D eigenvalue weighted by Crippen LogP contribution is 2.36. The Bertz CT molecular complexity index is 871. The quantitative estimate of drug-likeness (QED) is 0.660. The van der Waals surface area contributed by atoms with E-state index in [1.165, 1.54) is 11.8 Å². The molecule has 0 radical (unpaired) electrons. The summed E-state index contributed by atoms with van der Waals surface area (Å²) >= 11 is 1.51. The van der Waals surface area contributed by atoms with Gasteiger partial charge in [0.2, 0.25) is 5.91 Å². The maximum atomic E-state index is 12.9. The summed E-state index contributed by atoms with van der Waals surface area (Å²) in [6.07, 6.45) is 0. The lowest BCUT2D eigenvalue weighted by Gasteiger charge is -2.17. The molecule has 0 aliphatic rings. The highest BCUT2D eigenvalue weighted by molar-refractivity contribution is 8.00. The fourth-order valence-electron chi connectivity index (χ4n) is 2.37. The zero-order valence-electron chi connectivity index (χ0n) is 13.4. The van der Waals surface area contributed by atoms with Crippen LogP contribution in [0.3, 0.4) is 0 Å². The van der Waals surface area contributed by atoms with Crippen LogP contribution in [0.4, 0.5) is 5.69 Å². The number of hydrogen-bond donors (Lipinski definition) is 1. The van der Waals surface area contributed by atoms with Crippen molar-refractivity contribution in [1.29, 1.82) is 5.26 Å². The van der Waals surface area contributed by atoms with Crippen molar-refractivity contribution in [1.82, 2.24) is 0 Å². The summed E-state index contributed by atoms with van der Waals surface area (Å²) in [5.74, 6) is -0.0928. The van der Waals surface area contributed by atoms with Gasteiger partial charge in [-0.05, 0) is 42.0 Å². The molecule has 1 atom stereocenters. The minimum absolute atomic E-state index is 0.0928. The van der Waals surface area contributed by atoms with Gasteiger partial charge in [-0.25, -0.2) is 0 Å². The van der Waals surface area contributed by atoms with Gasteiger partial charge in [-0.3, -0.25) is 4.79 Å². The summed E-state index contributed by atoms with van der Waals surface area (Å²) in [6, 6.07) is 28.5. The molecule has 3 aromatic rings. The fraction of sp³-hybridized carbons (Fsp3) is 0.0476. The second-order valence-corrected chi connectivity index (χ2v) is 6.58. The van der Waals surface area contributed by atoms with Crippen LogP contribution in [0.2, 0.25) is 0 Å². The Hall–Kier alpha value is -3.03. The maximum Gasteiger partial charge on any atom is 0.242 e. The van der Waals surface area contributed by atoms with E-state index in [-0.39, 0.29) is 11.2 Å². The van der Waals surface area contributed by atoms with Gasteiger partial charge in [-0.15, -0.1) is 11.8 Å². The number of carbonyl (C=O) groups is 1. The van der Waals surface area contributed by atoms with Crippen LogP contribution in [0, 0.1) is 11.3 Å². The van der Waals surface area contributed by atoms with Crippen molar-refractivity contribution < 1.29 is 4.79 Å². The summed E-state index contributed by atoms with van der Waals surface area (Å²) in [6.45, 7) is 0. The molecule has 0 aromatic heterocycles. The zero-order chi connectivity index (χ0) is 17.5. The van der Waals surface area contributed by atoms with Gasteiger partial charge in [-0.2, -0.15) is 5.26 Å². The van der Waals surface area contributed by atoms with Crippen LogP contribution in [-0.2, 0) is 4.79 Å². The molecule has 0 saturated heterocycles. The lowest BCUT2D eigenvalue weighted by Crippen LogP contribution is -2.19. The highest BCUT2D eigenvalue weighted by atomic mass is 32.2. The average molecular weight is 344 g/mol.